The Morgan fingerprint density at radius 2 is 2.00 bits per heavy atom. The molecule has 0 amide bonds. The molecule has 10 heteroatoms. The number of fused-ring (bicyclic) bond motifs is 5. The summed E-state index contributed by atoms with van der Waals surface area (Å²) in [5.41, 5.74) is 1.64. The van der Waals surface area contributed by atoms with Gasteiger partial charge in [0.15, 0.2) is 11.3 Å². The molecule has 0 aliphatic rings. The number of ether oxygens (including phenoxy) is 1. The highest BCUT2D eigenvalue weighted by Crippen LogP contribution is 2.31. The Balaban J connectivity index is 1.93. The molecule has 0 fully saturated rings. The van der Waals surface area contributed by atoms with E-state index in [0.717, 1.165) is 18.4 Å². The minimum Gasteiger partial charge on any atom is -0.477 e. The molecule has 0 spiro atoms. The highest BCUT2D eigenvalue weighted by atomic mass is 16.5. The van der Waals surface area contributed by atoms with Crippen molar-refractivity contribution in [2.45, 2.75) is 19.9 Å². The summed E-state index contributed by atoms with van der Waals surface area (Å²) < 4.78 is 9.23. The Kier molecular flexibility index (Phi) is 4.55. The van der Waals surface area contributed by atoms with Crippen LogP contribution in [0.1, 0.15) is 23.7 Å². The van der Waals surface area contributed by atoms with E-state index in [1.165, 1.54) is 10.7 Å². The van der Waals surface area contributed by atoms with Crippen LogP contribution in [0.25, 0.3) is 27.6 Å². The van der Waals surface area contributed by atoms with E-state index in [1.807, 2.05) is 21.0 Å². The topological polar surface area (TPSA) is 111 Å². The van der Waals surface area contributed by atoms with Gasteiger partial charge in [0.05, 0.1) is 35.3 Å². The van der Waals surface area contributed by atoms with E-state index in [9.17, 15) is 9.90 Å². The van der Waals surface area contributed by atoms with Crippen LogP contribution in [0.4, 0.5) is 0 Å². The molecule has 0 saturated heterocycles. The van der Waals surface area contributed by atoms with E-state index in [0.29, 0.717) is 35.6 Å². The predicted molar refractivity (Wildman–Crippen MR) is 103 cm³/mol. The van der Waals surface area contributed by atoms with Crippen molar-refractivity contribution < 1.29 is 14.6 Å². The Labute approximate surface area is 160 Å². The lowest BCUT2D eigenvalue weighted by atomic mass is 10.2. The molecule has 28 heavy (non-hydrogen) atoms. The Bertz CT molecular complexity index is 1180. The molecule has 0 aromatic carbocycles. The van der Waals surface area contributed by atoms with Crippen molar-refractivity contribution in [2.24, 2.45) is 0 Å². The molecule has 0 aliphatic carbocycles. The quantitative estimate of drug-likeness (QED) is 0.480. The third-order valence-electron chi connectivity index (χ3n) is 4.55. The van der Waals surface area contributed by atoms with Gasteiger partial charge in [-0.1, -0.05) is 0 Å². The number of carboxylic acid groups (broad SMARTS) is 1. The number of aromatic nitrogens is 6. The first kappa shape index (κ1) is 18.1. The summed E-state index contributed by atoms with van der Waals surface area (Å²) in [4.78, 5) is 22.6. The lowest BCUT2D eigenvalue weighted by Gasteiger charge is -2.12. The summed E-state index contributed by atoms with van der Waals surface area (Å²) in [6.45, 7) is 3.98. The lowest BCUT2D eigenvalue weighted by molar-refractivity contribution is 0.0698. The fourth-order valence-corrected chi connectivity index (χ4v) is 3.21. The van der Waals surface area contributed by atoms with Gasteiger partial charge in [-0.3, -0.25) is 0 Å². The van der Waals surface area contributed by atoms with Gasteiger partial charge >= 0.3 is 5.97 Å². The average Bonchev–Trinajstić information content (AvgIpc) is 3.28. The molecule has 0 atom stereocenters. The summed E-state index contributed by atoms with van der Waals surface area (Å²) in [7, 11) is 3.99. The Morgan fingerprint density at radius 1 is 1.18 bits per heavy atom. The molecule has 0 bridgehead atoms. The summed E-state index contributed by atoms with van der Waals surface area (Å²) in [6, 6.07) is 0. The summed E-state index contributed by atoms with van der Waals surface area (Å²) >= 11 is 0. The van der Waals surface area contributed by atoms with Crippen molar-refractivity contribution in [1.82, 2.24) is 34.3 Å². The second-order valence-corrected chi connectivity index (χ2v) is 6.74. The standard InChI is InChI=1S/C18H21N7O3/c1-4-24-15-11(9-20-24)14-12(8-19-15)17(28-7-5-6-23(2)3)22-16-13(18(26)27)10-21-25(14)16/h8-10H,4-7H2,1-3H3,(H,26,27). The smallest absolute Gasteiger partial charge is 0.341 e. The largest absolute Gasteiger partial charge is 0.477 e. The van der Waals surface area contributed by atoms with Gasteiger partial charge in [-0.25, -0.2) is 19.0 Å². The van der Waals surface area contributed by atoms with Gasteiger partial charge in [-0.15, -0.1) is 0 Å². The molecule has 0 radical (unpaired) electrons. The zero-order valence-corrected chi connectivity index (χ0v) is 16.0. The van der Waals surface area contributed by atoms with Gasteiger partial charge in [0, 0.05) is 19.3 Å². The number of aromatic carboxylic acids is 1. The van der Waals surface area contributed by atoms with Crippen molar-refractivity contribution in [3.8, 4) is 5.88 Å². The fraction of sp³-hybridized carbons (Fsp3) is 0.389. The molecular weight excluding hydrogens is 362 g/mol. The van der Waals surface area contributed by atoms with Crippen LogP contribution in [0.3, 0.4) is 0 Å². The number of aryl methyl sites for hydroxylation is 1. The maximum atomic E-state index is 11.6. The third kappa shape index (κ3) is 2.91. The summed E-state index contributed by atoms with van der Waals surface area (Å²) in [6.07, 6.45) is 5.51. The van der Waals surface area contributed by atoms with Crippen LogP contribution in [-0.4, -0.2) is 72.6 Å². The zero-order valence-electron chi connectivity index (χ0n) is 16.0. The van der Waals surface area contributed by atoms with Gasteiger partial charge in [0.1, 0.15) is 5.56 Å². The van der Waals surface area contributed by atoms with Gasteiger partial charge in [-0.2, -0.15) is 15.2 Å². The molecule has 4 heterocycles. The van der Waals surface area contributed by atoms with E-state index in [-0.39, 0.29) is 11.2 Å². The van der Waals surface area contributed by atoms with E-state index < -0.39 is 5.97 Å². The van der Waals surface area contributed by atoms with Crippen LogP contribution < -0.4 is 4.74 Å². The van der Waals surface area contributed by atoms with E-state index in [2.05, 4.69) is 25.1 Å². The SMILES string of the molecule is CCn1ncc2c1ncc1c(OCCCN(C)C)nc3c(C(=O)O)cnn3c12. The molecule has 0 aliphatic heterocycles. The maximum Gasteiger partial charge on any atom is 0.341 e. The van der Waals surface area contributed by atoms with Gasteiger partial charge in [-0.05, 0) is 27.4 Å². The molecule has 10 nitrogen and oxygen atoms in total. The van der Waals surface area contributed by atoms with Crippen LogP contribution >= 0.6 is 0 Å². The van der Waals surface area contributed by atoms with Crippen LogP contribution in [0.15, 0.2) is 18.6 Å². The minimum absolute atomic E-state index is 0.0212. The highest BCUT2D eigenvalue weighted by molar-refractivity contribution is 6.06. The van der Waals surface area contributed by atoms with Gasteiger partial charge in [0.25, 0.3) is 0 Å². The molecular formula is C18H21N7O3. The van der Waals surface area contributed by atoms with Crippen molar-refractivity contribution >= 4 is 33.6 Å². The van der Waals surface area contributed by atoms with Crippen LogP contribution in [0, 0.1) is 0 Å². The van der Waals surface area contributed by atoms with Crippen LogP contribution in [-0.2, 0) is 6.54 Å². The number of hydrogen-bond donors (Lipinski definition) is 1. The second-order valence-electron chi connectivity index (χ2n) is 6.74. The zero-order chi connectivity index (χ0) is 19.8. The predicted octanol–water partition coefficient (Wildman–Crippen LogP) is 1.68. The molecule has 0 unspecified atom stereocenters. The normalized spacial score (nSPS) is 11.9. The molecule has 4 aromatic heterocycles. The van der Waals surface area contributed by atoms with Crippen LogP contribution in [0.5, 0.6) is 5.88 Å². The monoisotopic (exact) mass is 383 g/mol. The van der Waals surface area contributed by atoms with E-state index in [4.69, 9.17) is 4.74 Å². The number of carbonyl (C=O) groups is 1. The molecule has 4 rings (SSSR count). The lowest BCUT2D eigenvalue weighted by Crippen LogP contribution is -2.16. The average molecular weight is 383 g/mol. The first-order chi connectivity index (χ1) is 13.5. The number of pyridine rings is 1. The first-order valence-corrected chi connectivity index (χ1v) is 9.04. The van der Waals surface area contributed by atoms with Crippen molar-refractivity contribution in [3.05, 3.63) is 24.2 Å². The van der Waals surface area contributed by atoms with Crippen molar-refractivity contribution in [3.63, 3.8) is 0 Å². The van der Waals surface area contributed by atoms with E-state index >= 15 is 0 Å². The van der Waals surface area contributed by atoms with Crippen LogP contribution in [0.2, 0.25) is 0 Å². The van der Waals surface area contributed by atoms with Gasteiger partial charge < -0.3 is 14.7 Å². The number of carboxylic acids is 1. The minimum atomic E-state index is -1.09. The maximum absolute atomic E-state index is 11.6. The third-order valence-corrected chi connectivity index (χ3v) is 4.55. The molecule has 1 N–H and O–H groups in total. The highest BCUT2D eigenvalue weighted by Gasteiger charge is 2.21. The second kappa shape index (κ2) is 7.04. The molecule has 0 saturated carbocycles. The molecule has 4 aromatic rings. The van der Waals surface area contributed by atoms with Crippen molar-refractivity contribution in [2.75, 3.05) is 27.2 Å². The van der Waals surface area contributed by atoms with Crippen molar-refractivity contribution in [1.29, 1.82) is 0 Å². The number of nitrogens with zero attached hydrogens (tertiary/aromatic N) is 7. The Morgan fingerprint density at radius 3 is 2.71 bits per heavy atom. The van der Waals surface area contributed by atoms with Gasteiger partial charge in [0.2, 0.25) is 5.88 Å². The van der Waals surface area contributed by atoms with E-state index in [1.54, 1.807) is 17.1 Å². The number of rotatable bonds is 7. The number of hydrogen-bond acceptors (Lipinski definition) is 7. The summed E-state index contributed by atoms with van der Waals surface area (Å²) in [5.74, 6) is -0.738. The molecule has 146 valence electrons. The Hall–Kier alpha value is -3.27. The first-order valence-electron chi connectivity index (χ1n) is 9.04. The summed E-state index contributed by atoms with van der Waals surface area (Å²) in [5, 5.41) is 19.6. The fourth-order valence-electron chi connectivity index (χ4n) is 3.21.